The molecule has 4 rings (SSSR count). The molecule has 1 fully saturated rings. The van der Waals surface area contributed by atoms with Gasteiger partial charge < -0.3 is 15.2 Å². The molecule has 0 bridgehead atoms. The third kappa shape index (κ3) is 4.32. The highest BCUT2D eigenvalue weighted by molar-refractivity contribution is 6.01. The van der Waals surface area contributed by atoms with Crippen LogP contribution in [0.5, 0.6) is 5.75 Å². The lowest BCUT2D eigenvalue weighted by atomic mass is 10.1. The first-order chi connectivity index (χ1) is 13.7. The molecule has 0 saturated carbocycles. The molecule has 1 aliphatic heterocycles. The molecule has 144 valence electrons. The Hall–Kier alpha value is -2.89. The van der Waals surface area contributed by atoms with Gasteiger partial charge in [0.2, 0.25) is 0 Å². The van der Waals surface area contributed by atoms with Crippen molar-refractivity contribution < 1.29 is 14.6 Å². The number of ether oxygens (including phenoxy) is 1. The Morgan fingerprint density at radius 2 is 1.79 bits per heavy atom. The maximum absolute atomic E-state index is 12.6. The molecule has 1 saturated heterocycles. The molecule has 1 amide bonds. The number of nitrogens with one attached hydrogen (secondary N) is 1. The third-order valence-corrected chi connectivity index (χ3v) is 5.07. The van der Waals surface area contributed by atoms with E-state index in [-0.39, 0.29) is 23.3 Å². The number of phenolic OH excluding ortho intramolecular Hbond substituents is 1. The van der Waals surface area contributed by atoms with Crippen LogP contribution in [0.3, 0.4) is 0 Å². The predicted molar refractivity (Wildman–Crippen MR) is 109 cm³/mol. The standard InChI is InChI=1S/C23H24N2O3/c26-22-13-19-9-5-4-8-18(19)12-21(22)23(27)24-14-20-16-25(10-11-28-20)15-17-6-2-1-3-7-17/h1-9,12-13,20,26H,10-11,14-16H2,(H,24,27)/t20-/m0/s1. The zero-order chi connectivity index (χ0) is 19.3. The summed E-state index contributed by atoms with van der Waals surface area (Å²) in [7, 11) is 0. The lowest BCUT2D eigenvalue weighted by Gasteiger charge is -2.33. The average molecular weight is 376 g/mol. The molecule has 0 unspecified atom stereocenters. The van der Waals surface area contributed by atoms with Gasteiger partial charge in [-0.3, -0.25) is 9.69 Å². The summed E-state index contributed by atoms with van der Waals surface area (Å²) in [6.45, 7) is 3.58. The molecule has 0 radical (unpaired) electrons. The topological polar surface area (TPSA) is 61.8 Å². The van der Waals surface area contributed by atoms with E-state index in [4.69, 9.17) is 4.74 Å². The minimum absolute atomic E-state index is 0.00790. The molecule has 1 heterocycles. The number of nitrogens with zero attached hydrogens (tertiary/aromatic N) is 1. The minimum Gasteiger partial charge on any atom is -0.507 e. The lowest BCUT2D eigenvalue weighted by molar-refractivity contribution is -0.0292. The van der Waals surface area contributed by atoms with Crippen molar-refractivity contribution in [3.63, 3.8) is 0 Å². The van der Waals surface area contributed by atoms with Gasteiger partial charge in [-0.25, -0.2) is 0 Å². The fourth-order valence-corrected chi connectivity index (χ4v) is 3.60. The number of carbonyl (C=O) groups excluding carboxylic acids is 1. The van der Waals surface area contributed by atoms with E-state index in [0.29, 0.717) is 13.2 Å². The predicted octanol–water partition coefficient (Wildman–Crippen LogP) is 3.18. The zero-order valence-electron chi connectivity index (χ0n) is 15.7. The van der Waals surface area contributed by atoms with Crippen LogP contribution in [-0.2, 0) is 11.3 Å². The minimum atomic E-state index is -0.285. The summed E-state index contributed by atoms with van der Waals surface area (Å²) < 4.78 is 5.81. The van der Waals surface area contributed by atoms with Crippen LogP contribution >= 0.6 is 0 Å². The van der Waals surface area contributed by atoms with Crippen LogP contribution in [0.4, 0.5) is 0 Å². The van der Waals surface area contributed by atoms with E-state index >= 15 is 0 Å². The Labute approximate surface area is 164 Å². The number of hydrogen-bond acceptors (Lipinski definition) is 4. The van der Waals surface area contributed by atoms with Crippen molar-refractivity contribution in [2.24, 2.45) is 0 Å². The molecule has 2 N–H and O–H groups in total. The maximum atomic E-state index is 12.6. The normalized spacial score (nSPS) is 17.5. The van der Waals surface area contributed by atoms with Gasteiger partial charge in [-0.05, 0) is 28.5 Å². The molecular weight excluding hydrogens is 352 g/mol. The van der Waals surface area contributed by atoms with Crippen LogP contribution < -0.4 is 5.32 Å². The van der Waals surface area contributed by atoms with Gasteiger partial charge in [0.1, 0.15) is 5.75 Å². The van der Waals surface area contributed by atoms with E-state index in [1.54, 1.807) is 12.1 Å². The second-order valence-corrected chi connectivity index (χ2v) is 7.14. The largest absolute Gasteiger partial charge is 0.507 e. The Morgan fingerprint density at radius 3 is 2.57 bits per heavy atom. The van der Waals surface area contributed by atoms with Crippen LogP contribution in [0.15, 0.2) is 66.7 Å². The number of hydrogen-bond donors (Lipinski definition) is 2. The quantitative estimate of drug-likeness (QED) is 0.718. The summed E-state index contributed by atoms with van der Waals surface area (Å²) in [6.07, 6.45) is -0.0657. The van der Waals surface area contributed by atoms with Gasteiger partial charge in [0, 0.05) is 26.2 Å². The first kappa shape index (κ1) is 18.5. The Kier molecular flexibility index (Phi) is 5.55. The lowest BCUT2D eigenvalue weighted by Crippen LogP contribution is -2.47. The van der Waals surface area contributed by atoms with Crippen molar-refractivity contribution in [1.29, 1.82) is 0 Å². The van der Waals surface area contributed by atoms with Gasteiger partial charge in [0.05, 0.1) is 18.3 Å². The molecule has 1 aliphatic rings. The Morgan fingerprint density at radius 1 is 1.07 bits per heavy atom. The van der Waals surface area contributed by atoms with Gasteiger partial charge in [0.15, 0.2) is 0 Å². The van der Waals surface area contributed by atoms with Gasteiger partial charge in [-0.2, -0.15) is 0 Å². The van der Waals surface area contributed by atoms with Crippen LogP contribution in [0.1, 0.15) is 15.9 Å². The number of aromatic hydroxyl groups is 1. The summed E-state index contributed by atoms with van der Waals surface area (Å²) in [5, 5.41) is 15.0. The van der Waals surface area contributed by atoms with Crippen molar-refractivity contribution >= 4 is 16.7 Å². The Bertz CT molecular complexity index is 958. The second kappa shape index (κ2) is 8.42. The van der Waals surface area contributed by atoms with Gasteiger partial charge >= 0.3 is 0 Å². The van der Waals surface area contributed by atoms with Crippen molar-refractivity contribution in [2.75, 3.05) is 26.2 Å². The smallest absolute Gasteiger partial charge is 0.255 e. The number of morpholine rings is 1. The summed E-state index contributed by atoms with van der Waals surface area (Å²) in [5.74, 6) is -0.293. The molecule has 5 heteroatoms. The molecule has 1 atom stereocenters. The van der Waals surface area contributed by atoms with E-state index in [1.807, 2.05) is 42.5 Å². The summed E-state index contributed by atoms with van der Waals surface area (Å²) >= 11 is 0. The number of benzene rings is 3. The molecule has 3 aromatic carbocycles. The van der Waals surface area contributed by atoms with E-state index in [2.05, 4.69) is 22.3 Å². The highest BCUT2D eigenvalue weighted by Crippen LogP contribution is 2.25. The van der Waals surface area contributed by atoms with Crippen molar-refractivity contribution in [3.05, 3.63) is 77.9 Å². The molecule has 3 aromatic rings. The van der Waals surface area contributed by atoms with Gasteiger partial charge in [-0.15, -0.1) is 0 Å². The number of rotatable bonds is 5. The SMILES string of the molecule is O=C(NC[C@H]1CN(Cc2ccccc2)CCO1)c1cc2ccccc2cc1O. The van der Waals surface area contributed by atoms with E-state index < -0.39 is 0 Å². The zero-order valence-corrected chi connectivity index (χ0v) is 15.7. The highest BCUT2D eigenvalue weighted by Gasteiger charge is 2.22. The molecular formula is C23H24N2O3. The molecule has 28 heavy (non-hydrogen) atoms. The van der Waals surface area contributed by atoms with Crippen molar-refractivity contribution in [3.8, 4) is 5.75 Å². The molecule has 0 aromatic heterocycles. The fraction of sp³-hybridized carbons (Fsp3) is 0.261. The Balaban J connectivity index is 1.36. The number of fused-ring (bicyclic) bond motifs is 1. The molecule has 5 nitrogen and oxygen atoms in total. The molecule has 0 aliphatic carbocycles. The number of phenols is 1. The monoisotopic (exact) mass is 376 g/mol. The maximum Gasteiger partial charge on any atom is 0.255 e. The second-order valence-electron chi connectivity index (χ2n) is 7.14. The number of amides is 1. The van der Waals surface area contributed by atoms with Crippen LogP contribution in [-0.4, -0.2) is 48.3 Å². The highest BCUT2D eigenvalue weighted by atomic mass is 16.5. The van der Waals surface area contributed by atoms with E-state index in [0.717, 1.165) is 30.4 Å². The average Bonchev–Trinajstić information content (AvgIpc) is 2.72. The first-order valence-corrected chi connectivity index (χ1v) is 9.57. The van der Waals surface area contributed by atoms with Crippen LogP contribution in [0.25, 0.3) is 10.8 Å². The van der Waals surface area contributed by atoms with Crippen molar-refractivity contribution in [1.82, 2.24) is 10.2 Å². The number of carbonyl (C=O) groups is 1. The summed E-state index contributed by atoms with van der Waals surface area (Å²) in [4.78, 5) is 14.9. The van der Waals surface area contributed by atoms with E-state index in [9.17, 15) is 9.90 Å². The third-order valence-electron chi connectivity index (χ3n) is 5.07. The first-order valence-electron chi connectivity index (χ1n) is 9.57. The van der Waals surface area contributed by atoms with Gasteiger partial charge in [0.25, 0.3) is 5.91 Å². The van der Waals surface area contributed by atoms with Crippen LogP contribution in [0, 0.1) is 0 Å². The van der Waals surface area contributed by atoms with Crippen LogP contribution in [0.2, 0.25) is 0 Å². The summed E-state index contributed by atoms with van der Waals surface area (Å²) in [5.41, 5.74) is 1.56. The van der Waals surface area contributed by atoms with Gasteiger partial charge in [-0.1, -0.05) is 54.6 Å². The fourth-order valence-electron chi connectivity index (χ4n) is 3.60. The summed E-state index contributed by atoms with van der Waals surface area (Å²) in [6, 6.07) is 21.4. The molecule has 0 spiro atoms. The van der Waals surface area contributed by atoms with Crippen molar-refractivity contribution in [2.45, 2.75) is 12.6 Å². The van der Waals surface area contributed by atoms with E-state index in [1.165, 1.54) is 5.56 Å².